The van der Waals surface area contributed by atoms with Crippen LogP contribution in [0.5, 0.6) is 0 Å². The number of hydrogen-bond donors (Lipinski definition) is 2. The molecule has 0 amide bonds. The first kappa shape index (κ1) is 19.2. The minimum absolute atomic E-state index is 0.861. The third-order valence-corrected chi connectivity index (χ3v) is 5.72. The first-order valence-corrected chi connectivity index (χ1v) is 11.0. The third kappa shape index (κ3) is 3.61. The summed E-state index contributed by atoms with van der Waals surface area (Å²) in [6.07, 6.45) is 4.81. The van der Waals surface area contributed by atoms with Gasteiger partial charge in [-0.25, -0.2) is 0 Å². The number of nitrogens with zero attached hydrogens (tertiary/aromatic N) is 1. The Balaban J connectivity index is 1.96. The van der Waals surface area contributed by atoms with Gasteiger partial charge in [-0.15, -0.1) is 6.58 Å². The van der Waals surface area contributed by atoms with Crippen molar-refractivity contribution < 1.29 is 0 Å². The molecule has 0 spiro atoms. The van der Waals surface area contributed by atoms with Crippen LogP contribution in [0.4, 0.5) is 0 Å². The van der Waals surface area contributed by atoms with Crippen LogP contribution in [-0.2, 0) is 19.3 Å². The SMILES string of the molecule is C=CCc1ccc(-n2c3ccc(CCS)cc3c3cc(CCS)ccc32)cc1. The van der Waals surface area contributed by atoms with Gasteiger partial charge in [0, 0.05) is 16.5 Å². The molecule has 0 radical (unpaired) electrons. The second-order valence-corrected chi connectivity index (χ2v) is 8.04. The predicted molar refractivity (Wildman–Crippen MR) is 130 cm³/mol. The van der Waals surface area contributed by atoms with E-state index in [1.807, 2.05) is 6.08 Å². The quantitative estimate of drug-likeness (QED) is 0.258. The Morgan fingerprint density at radius 2 is 1.21 bits per heavy atom. The Morgan fingerprint density at radius 3 is 1.68 bits per heavy atom. The molecular weight excluding hydrogens is 378 g/mol. The summed E-state index contributed by atoms with van der Waals surface area (Å²) in [7, 11) is 0. The first-order valence-electron chi connectivity index (χ1n) is 9.73. The maximum Gasteiger partial charge on any atom is 0.0541 e. The average molecular weight is 404 g/mol. The first-order chi connectivity index (χ1) is 13.7. The van der Waals surface area contributed by atoms with E-state index >= 15 is 0 Å². The van der Waals surface area contributed by atoms with E-state index in [1.165, 1.54) is 44.2 Å². The molecule has 1 aromatic heterocycles. The zero-order valence-corrected chi connectivity index (χ0v) is 17.7. The molecule has 0 saturated heterocycles. The summed E-state index contributed by atoms with van der Waals surface area (Å²) >= 11 is 8.82. The van der Waals surface area contributed by atoms with Gasteiger partial charge < -0.3 is 4.57 Å². The van der Waals surface area contributed by atoms with Crippen molar-refractivity contribution in [2.45, 2.75) is 19.3 Å². The van der Waals surface area contributed by atoms with Crippen molar-refractivity contribution in [1.82, 2.24) is 4.57 Å². The van der Waals surface area contributed by atoms with E-state index in [-0.39, 0.29) is 0 Å². The molecule has 0 aliphatic heterocycles. The van der Waals surface area contributed by atoms with Gasteiger partial charge in [0.05, 0.1) is 11.0 Å². The second-order valence-electron chi connectivity index (χ2n) is 7.14. The number of thiol groups is 2. The maximum absolute atomic E-state index is 4.41. The Bertz CT molecular complexity index is 1060. The number of aromatic nitrogens is 1. The van der Waals surface area contributed by atoms with E-state index in [2.05, 4.69) is 97.1 Å². The van der Waals surface area contributed by atoms with Gasteiger partial charge in [-0.3, -0.25) is 0 Å². The Morgan fingerprint density at radius 1 is 0.714 bits per heavy atom. The number of aryl methyl sites for hydroxylation is 2. The summed E-state index contributed by atoms with van der Waals surface area (Å²) in [6, 6.07) is 22.4. The molecule has 142 valence electrons. The smallest absolute Gasteiger partial charge is 0.0541 e. The summed E-state index contributed by atoms with van der Waals surface area (Å²) in [4.78, 5) is 0. The van der Waals surface area contributed by atoms with Crippen LogP contribution < -0.4 is 0 Å². The van der Waals surface area contributed by atoms with Gasteiger partial charge in [-0.2, -0.15) is 25.3 Å². The van der Waals surface area contributed by atoms with Crippen molar-refractivity contribution in [3.8, 4) is 5.69 Å². The van der Waals surface area contributed by atoms with Crippen molar-refractivity contribution in [3.05, 3.63) is 90.0 Å². The lowest BCUT2D eigenvalue weighted by atomic mass is 10.1. The highest BCUT2D eigenvalue weighted by atomic mass is 32.1. The van der Waals surface area contributed by atoms with Crippen LogP contribution in [0, 0.1) is 0 Å². The van der Waals surface area contributed by atoms with Gasteiger partial charge in [0.1, 0.15) is 0 Å². The van der Waals surface area contributed by atoms with Crippen LogP contribution in [-0.4, -0.2) is 16.1 Å². The van der Waals surface area contributed by atoms with E-state index in [4.69, 9.17) is 0 Å². The summed E-state index contributed by atoms with van der Waals surface area (Å²) in [6.45, 7) is 3.84. The van der Waals surface area contributed by atoms with Crippen molar-refractivity contribution in [2.24, 2.45) is 0 Å². The van der Waals surface area contributed by atoms with Crippen LogP contribution in [0.3, 0.4) is 0 Å². The molecule has 28 heavy (non-hydrogen) atoms. The fraction of sp³-hybridized carbons (Fsp3) is 0.200. The van der Waals surface area contributed by atoms with E-state index in [9.17, 15) is 0 Å². The molecule has 4 aromatic rings. The van der Waals surface area contributed by atoms with Gasteiger partial charge in [0.25, 0.3) is 0 Å². The van der Waals surface area contributed by atoms with Crippen LogP contribution >= 0.6 is 25.3 Å². The molecule has 3 heteroatoms. The highest BCUT2D eigenvalue weighted by Gasteiger charge is 2.13. The number of benzene rings is 3. The molecule has 1 nitrogen and oxygen atoms in total. The summed E-state index contributed by atoms with van der Waals surface area (Å²) in [5.41, 5.74) is 7.64. The van der Waals surface area contributed by atoms with Crippen molar-refractivity contribution >= 4 is 47.1 Å². The second kappa shape index (κ2) is 8.50. The molecule has 3 aromatic carbocycles. The lowest BCUT2D eigenvalue weighted by Gasteiger charge is -2.09. The fourth-order valence-electron chi connectivity index (χ4n) is 3.91. The van der Waals surface area contributed by atoms with Crippen LogP contribution in [0.2, 0.25) is 0 Å². The monoisotopic (exact) mass is 403 g/mol. The third-order valence-electron chi connectivity index (χ3n) is 5.27. The number of allylic oxidation sites excluding steroid dienone is 1. The molecular formula is C25H25NS2. The number of hydrogen-bond acceptors (Lipinski definition) is 2. The van der Waals surface area contributed by atoms with Gasteiger partial charge in [0.15, 0.2) is 0 Å². The Hall–Kier alpha value is -2.10. The molecule has 0 aliphatic carbocycles. The molecule has 0 saturated carbocycles. The zero-order chi connectivity index (χ0) is 19.5. The van der Waals surface area contributed by atoms with E-state index < -0.39 is 0 Å². The largest absolute Gasteiger partial charge is 0.309 e. The topological polar surface area (TPSA) is 4.93 Å². The summed E-state index contributed by atoms with van der Waals surface area (Å²) in [5.74, 6) is 1.72. The summed E-state index contributed by atoms with van der Waals surface area (Å²) in [5, 5.41) is 2.62. The molecule has 1 heterocycles. The standard InChI is InChI=1S/C25H25NS2/c1-2-3-18-4-8-21(9-5-18)26-24-10-6-19(12-14-27)16-22(24)23-17-20(13-15-28)7-11-25(23)26/h2,4-11,16-17,27-28H,1,3,12-15H2. The van der Waals surface area contributed by atoms with Crippen molar-refractivity contribution in [1.29, 1.82) is 0 Å². The predicted octanol–water partition coefficient (Wildman–Crippen LogP) is 6.46. The van der Waals surface area contributed by atoms with Gasteiger partial charge >= 0.3 is 0 Å². The summed E-state index contributed by atoms with van der Waals surface area (Å²) < 4.78 is 2.37. The molecule has 0 atom stereocenters. The zero-order valence-electron chi connectivity index (χ0n) is 15.9. The van der Waals surface area contributed by atoms with Crippen LogP contribution in [0.25, 0.3) is 27.5 Å². The van der Waals surface area contributed by atoms with E-state index in [0.29, 0.717) is 0 Å². The fourth-order valence-corrected chi connectivity index (χ4v) is 4.43. The van der Waals surface area contributed by atoms with Gasteiger partial charge in [0.2, 0.25) is 0 Å². The van der Waals surface area contributed by atoms with E-state index in [0.717, 1.165) is 30.8 Å². The van der Waals surface area contributed by atoms with Crippen LogP contribution in [0.15, 0.2) is 73.3 Å². The molecule has 4 rings (SSSR count). The number of fused-ring (bicyclic) bond motifs is 3. The Labute approximate surface area is 177 Å². The lowest BCUT2D eigenvalue weighted by molar-refractivity contribution is 1.14. The van der Waals surface area contributed by atoms with Gasteiger partial charge in [-0.1, -0.05) is 30.3 Å². The van der Waals surface area contributed by atoms with Gasteiger partial charge in [-0.05, 0) is 83.9 Å². The molecule has 0 aliphatic rings. The maximum atomic E-state index is 4.41. The highest BCUT2D eigenvalue weighted by molar-refractivity contribution is 7.80. The highest BCUT2D eigenvalue weighted by Crippen LogP contribution is 2.33. The number of rotatable bonds is 7. The minimum Gasteiger partial charge on any atom is -0.309 e. The Kier molecular flexibility index (Phi) is 5.84. The lowest BCUT2D eigenvalue weighted by Crippen LogP contribution is -1.95. The molecule has 0 N–H and O–H groups in total. The molecule has 0 fully saturated rings. The molecule has 0 bridgehead atoms. The van der Waals surface area contributed by atoms with Crippen molar-refractivity contribution in [3.63, 3.8) is 0 Å². The average Bonchev–Trinajstić information content (AvgIpc) is 3.03. The minimum atomic E-state index is 0.861. The molecule has 0 unspecified atom stereocenters. The van der Waals surface area contributed by atoms with Crippen molar-refractivity contribution in [2.75, 3.05) is 11.5 Å². The van der Waals surface area contributed by atoms with E-state index in [1.54, 1.807) is 0 Å². The van der Waals surface area contributed by atoms with Crippen LogP contribution in [0.1, 0.15) is 16.7 Å². The normalized spacial score (nSPS) is 11.4.